The molecule has 0 fully saturated rings. The van der Waals surface area contributed by atoms with Crippen LogP contribution in [0.3, 0.4) is 0 Å². The molecule has 0 aliphatic heterocycles. The van der Waals surface area contributed by atoms with Gasteiger partial charge >= 0.3 is 0 Å². The van der Waals surface area contributed by atoms with Gasteiger partial charge in [-0.15, -0.1) is 11.8 Å². The quantitative estimate of drug-likeness (QED) is 0.744. The molecule has 0 amide bonds. The highest BCUT2D eigenvalue weighted by atomic mass is 32.2. The Labute approximate surface area is 126 Å². The van der Waals surface area contributed by atoms with E-state index in [2.05, 4.69) is 34.2 Å². The van der Waals surface area contributed by atoms with Crippen molar-refractivity contribution in [1.82, 2.24) is 15.1 Å². The monoisotopic (exact) mass is 298 g/mol. The number of nitrogens with two attached hydrogens (primary N) is 1. The first-order valence-corrected chi connectivity index (χ1v) is 7.44. The zero-order valence-corrected chi connectivity index (χ0v) is 12.3. The summed E-state index contributed by atoms with van der Waals surface area (Å²) >= 11 is 1.69. The predicted octanol–water partition coefficient (Wildman–Crippen LogP) is 3.31. The molecule has 0 aliphatic rings. The number of hydrogen-bond donors (Lipinski definition) is 1. The van der Waals surface area contributed by atoms with Crippen molar-refractivity contribution in [1.29, 1.82) is 0 Å². The summed E-state index contributed by atoms with van der Waals surface area (Å²) in [5.41, 5.74) is 7.57. The number of nitrogens with zero attached hydrogens (tertiary/aromatic N) is 3. The zero-order chi connectivity index (χ0) is 14.7. The van der Waals surface area contributed by atoms with Crippen molar-refractivity contribution >= 4 is 17.6 Å². The second-order valence-corrected chi connectivity index (χ2v) is 5.56. The van der Waals surface area contributed by atoms with E-state index in [1.54, 1.807) is 24.0 Å². The van der Waals surface area contributed by atoms with E-state index in [1.165, 1.54) is 10.5 Å². The van der Waals surface area contributed by atoms with Crippen molar-refractivity contribution in [3.8, 4) is 11.5 Å². The molecule has 0 atom stereocenters. The van der Waals surface area contributed by atoms with Gasteiger partial charge in [0.25, 0.3) is 5.89 Å². The fourth-order valence-electron chi connectivity index (χ4n) is 1.82. The van der Waals surface area contributed by atoms with Crippen molar-refractivity contribution in [2.75, 3.05) is 5.73 Å². The summed E-state index contributed by atoms with van der Waals surface area (Å²) in [6, 6.07) is 11.8. The average molecular weight is 298 g/mol. The van der Waals surface area contributed by atoms with Crippen molar-refractivity contribution in [3.63, 3.8) is 0 Å². The molecular weight excluding hydrogens is 284 g/mol. The van der Waals surface area contributed by atoms with Gasteiger partial charge in [0.05, 0.1) is 11.3 Å². The molecule has 0 aliphatic carbocycles. The number of anilines is 1. The van der Waals surface area contributed by atoms with E-state index in [1.807, 2.05) is 18.2 Å². The maximum Gasteiger partial charge on any atom is 0.259 e. The van der Waals surface area contributed by atoms with E-state index < -0.39 is 0 Å². The SMILES string of the molecule is Cc1ccccc1SCc1noc(-c2ccc(N)nc2)n1. The Morgan fingerprint density at radius 1 is 1.19 bits per heavy atom. The lowest BCUT2D eigenvalue weighted by Crippen LogP contribution is -1.89. The Balaban J connectivity index is 1.71. The van der Waals surface area contributed by atoms with Gasteiger partial charge in [0, 0.05) is 11.1 Å². The van der Waals surface area contributed by atoms with Crippen LogP contribution in [0.4, 0.5) is 5.82 Å². The molecule has 6 heteroatoms. The summed E-state index contributed by atoms with van der Waals surface area (Å²) in [5, 5.41) is 3.99. The molecule has 106 valence electrons. The number of nitrogen functional groups attached to an aromatic ring is 1. The molecule has 0 spiro atoms. The normalized spacial score (nSPS) is 10.7. The van der Waals surface area contributed by atoms with E-state index >= 15 is 0 Å². The Hall–Kier alpha value is -2.34. The first-order chi connectivity index (χ1) is 10.2. The van der Waals surface area contributed by atoms with Gasteiger partial charge in [-0.1, -0.05) is 23.4 Å². The topological polar surface area (TPSA) is 77.8 Å². The zero-order valence-electron chi connectivity index (χ0n) is 11.5. The molecule has 5 nitrogen and oxygen atoms in total. The highest BCUT2D eigenvalue weighted by Crippen LogP contribution is 2.25. The summed E-state index contributed by atoms with van der Waals surface area (Å²) in [6.07, 6.45) is 1.63. The van der Waals surface area contributed by atoms with Crippen LogP contribution in [0.5, 0.6) is 0 Å². The van der Waals surface area contributed by atoms with E-state index in [9.17, 15) is 0 Å². The highest BCUT2D eigenvalue weighted by Gasteiger charge is 2.10. The summed E-state index contributed by atoms with van der Waals surface area (Å²) in [7, 11) is 0. The van der Waals surface area contributed by atoms with Crippen LogP contribution in [0.25, 0.3) is 11.5 Å². The second kappa shape index (κ2) is 5.97. The Kier molecular flexibility index (Phi) is 3.87. The summed E-state index contributed by atoms with van der Waals surface area (Å²) in [5.74, 6) is 2.25. The van der Waals surface area contributed by atoms with Gasteiger partial charge in [0.1, 0.15) is 5.82 Å². The molecular formula is C15H14N4OS. The Morgan fingerprint density at radius 2 is 2.05 bits per heavy atom. The predicted molar refractivity (Wildman–Crippen MR) is 82.7 cm³/mol. The van der Waals surface area contributed by atoms with Gasteiger partial charge < -0.3 is 10.3 Å². The fraction of sp³-hybridized carbons (Fsp3) is 0.133. The van der Waals surface area contributed by atoms with Crippen LogP contribution < -0.4 is 5.73 Å². The molecule has 2 N–H and O–H groups in total. The van der Waals surface area contributed by atoms with Crippen molar-refractivity contribution in [3.05, 3.63) is 54.0 Å². The molecule has 3 rings (SSSR count). The minimum atomic E-state index is 0.461. The molecule has 0 saturated heterocycles. The second-order valence-electron chi connectivity index (χ2n) is 4.54. The van der Waals surface area contributed by atoms with Crippen LogP contribution in [-0.2, 0) is 5.75 Å². The van der Waals surface area contributed by atoms with Gasteiger partial charge in [-0.25, -0.2) is 4.98 Å². The average Bonchev–Trinajstić information content (AvgIpc) is 2.96. The van der Waals surface area contributed by atoms with E-state index in [0.29, 0.717) is 23.3 Å². The van der Waals surface area contributed by atoms with Crippen LogP contribution in [0.2, 0.25) is 0 Å². The lowest BCUT2D eigenvalue weighted by atomic mass is 10.2. The summed E-state index contributed by atoms with van der Waals surface area (Å²) in [6.45, 7) is 2.09. The van der Waals surface area contributed by atoms with E-state index in [-0.39, 0.29) is 0 Å². The van der Waals surface area contributed by atoms with Crippen molar-refractivity contribution in [2.24, 2.45) is 0 Å². The number of hydrogen-bond acceptors (Lipinski definition) is 6. The molecule has 3 aromatic rings. The smallest absolute Gasteiger partial charge is 0.259 e. The number of aromatic nitrogens is 3. The Morgan fingerprint density at radius 3 is 2.81 bits per heavy atom. The first-order valence-electron chi connectivity index (χ1n) is 6.45. The van der Waals surface area contributed by atoms with Crippen molar-refractivity contribution in [2.45, 2.75) is 17.6 Å². The standard InChI is InChI=1S/C15H14N4OS/c1-10-4-2-3-5-12(10)21-9-14-18-15(20-19-14)11-6-7-13(16)17-8-11/h2-8H,9H2,1H3,(H2,16,17). The third-order valence-electron chi connectivity index (χ3n) is 2.95. The molecule has 0 bridgehead atoms. The van der Waals surface area contributed by atoms with Gasteiger partial charge in [-0.2, -0.15) is 4.98 Å². The van der Waals surface area contributed by atoms with Crippen LogP contribution >= 0.6 is 11.8 Å². The lowest BCUT2D eigenvalue weighted by Gasteiger charge is -2.01. The molecule has 0 unspecified atom stereocenters. The highest BCUT2D eigenvalue weighted by molar-refractivity contribution is 7.98. The lowest BCUT2D eigenvalue weighted by molar-refractivity contribution is 0.425. The number of rotatable bonds is 4. The number of aryl methyl sites for hydroxylation is 1. The van der Waals surface area contributed by atoms with Crippen LogP contribution in [-0.4, -0.2) is 15.1 Å². The van der Waals surface area contributed by atoms with Gasteiger partial charge in [-0.05, 0) is 30.7 Å². The third-order valence-corrected chi connectivity index (χ3v) is 4.12. The molecule has 0 radical (unpaired) electrons. The van der Waals surface area contributed by atoms with Gasteiger partial charge in [-0.3, -0.25) is 0 Å². The summed E-state index contributed by atoms with van der Waals surface area (Å²) < 4.78 is 5.25. The van der Waals surface area contributed by atoms with E-state index in [4.69, 9.17) is 10.3 Å². The first kappa shape index (κ1) is 13.6. The van der Waals surface area contributed by atoms with Gasteiger partial charge in [0.2, 0.25) is 0 Å². The minimum absolute atomic E-state index is 0.461. The van der Waals surface area contributed by atoms with Crippen LogP contribution in [0.1, 0.15) is 11.4 Å². The maximum absolute atomic E-state index is 5.56. The fourth-order valence-corrected chi connectivity index (χ4v) is 2.69. The largest absolute Gasteiger partial charge is 0.384 e. The molecule has 0 saturated carbocycles. The van der Waals surface area contributed by atoms with Crippen molar-refractivity contribution < 1.29 is 4.52 Å². The molecule has 2 heterocycles. The maximum atomic E-state index is 5.56. The number of pyridine rings is 1. The number of thioether (sulfide) groups is 1. The van der Waals surface area contributed by atoms with E-state index in [0.717, 1.165) is 5.56 Å². The van der Waals surface area contributed by atoms with Crippen LogP contribution in [0, 0.1) is 6.92 Å². The van der Waals surface area contributed by atoms with Crippen LogP contribution in [0.15, 0.2) is 52.0 Å². The Bertz CT molecular complexity index is 739. The summed E-state index contributed by atoms with van der Waals surface area (Å²) in [4.78, 5) is 9.61. The molecule has 2 aromatic heterocycles. The minimum Gasteiger partial charge on any atom is -0.384 e. The molecule has 1 aromatic carbocycles. The number of benzene rings is 1. The molecule has 21 heavy (non-hydrogen) atoms. The van der Waals surface area contributed by atoms with Gasteiger partial charge in [0.15, 0.2) is 5.82 Å². The third kappa shape index (κ3) is 3.22.